The summed E-state index contributed by atoms with van der Waals surface area (Å²) in [5, 5.41) is 11.0. The largest absolute Gasteiger partial charge is 0.393 e. The van der Waals surface area contributed by atoms with Gasteiger partial charge in [-0.15, -0.1) is 11.8 Å². The van der Waals surface area contributed by atoms with Crippen molar-refractivity contribution in [3.8, 4) is 0 Å². The Balaban J connectivity index is 3.00. The molecule has 5 heteroatoms. The SMILES string of the molecule is CC(C)Sc1ccc(N)c([N+](=O)[O-])c1. The third-order valence-corrected chi connectivity index (χ3v) is 2.57. The Morgan fingerprint density at radius 3 is 2.64 bits per heavy atom. The van der Waals surface area contributed by atoms with Crippen LogP contribution in [0, 0.1) is 10.1 Å². The van der Waals surface area contributed by atoms with Crippen molar-refractivity contribution in [3.63, 3.8) is 0 Å². The Hall–Kier alpha value is -1.23. The molecular weight excluding hydrogens is 200 g/mol. The topological polar surface area (TPSA) is 69.2 Å². The second-order valence-electron chi connectivity index (χ2n) is 3.14. The van der Waals surface area contributed by atoms with Crippen LogP contribution in [0.15, 0.2) is 23.1 Å². The van der Waals surface area contributed by atoms with E-state index in [-0.39, 0.29) is 11.4 Å². The van der Waals surface area contributed by atoms with Crippen LogP contribution >= 0.6 is 11.8 Å². The number of anilines is 1. The minimum Gasteiger partial charge on any atom is -0.393 e. The predicted molar refractivity (Wildman–Crippen MR) is 58.5 cm³/mol. The van der Waals surface area contributed by atoms with E-state index in [1.807, 2.05) is 13.8 Å². The van der Waals surface area contributed by atoms with Gasteiger partial charge in [-0.1, -0.05) is 13.8 Å². The van der Waals surface area contributed by atoms with Crippen LogP contribution in [0.3, 0.4) is 0 Å². The lowest BCUT2D eigenvalue weighted by molar-refractivity contribution is -0.384. The Kier molecular flexibility index (Phi) is 3.35. The molecule has 0 bridgehead atoms. The molecule has 4 nitrogen and oxygen atoms in total. The highest BCUT2D eigenvalue weighted by atomic mass is 32.2. The summed E-state index contributed by atoms with van der Waals surface area (Å²) in [5.74, 6) is 0. The van der Waals surface area contributed by atoms with E-state index in [4.69, 9.17) is 5.73 Å². The molecule has 0 aliphatic rings. The van der Waals surface area contributed by atoms with Gasteiger partial charge in [0.05, 0.1) is 4.92 Å². The minimum atomic E-state index is -0.459. The summed E-state index contributed by atoms with van der Waals surface area (Å²) in [7, 11) is 0. The molecule has 1 aromatic rings. The number of hydrogen-bond acceptors (Lipinski definition) is 4. The van der Waals surface area contributed by atoms with Crippen LogP contribution in [0.1, 0.15) is 13.8 Å². The fourth-order valence-electron chi connectivity index (χ4n) is 1.03. The lowest BCUT2D eigenvalue weighted by Gasteiger charge is -2.05. The fourth-order valence-corrected chi connectivity index (χ4v) is 1.90. The van der Waals surface area contributed by atoms with Crippen LogP contribution in [0.5, 0.6) is 0 Å². The van der Waals surface area contributed by atoms with Gasteiger partial charge in [0, 0.05) is 16.2 Å². The van der Waals surface area contributed by atoms with Crippen LogP contribution in [-0.4, -0.2) is 10.2 Å². The summed E-state index contributed by atoms with van der Waals surface area (Å²) in [6.45, 7) is 4.07. The van der Waals surface area contributed by atoms with E-state index in [0.29, 0.717) is 5.25 Å². The van der Waals surface area contributed by atoms with Crippen LogP contribution in [0.25, 0.3) is 0 Å². The average molecular weight is 212 g/mol. The zero-order valence-electron chi connectivity index (χ0n) is 8.06. The van der Waals surface area contributed by atoms with Crippen LogP contribution in [0.4, 0.5) is 11.4 Å². The van der Waals surface area contributed by atoms with E-state index in [2.05, 4.69) is 0 Å². The first kappa shape index (κ1) is 10.8. The first-order valence-corrected chi connectivity index (χ1v) is 5.09. The summed E-state index contributed by atoms with van der Waals surface area (Å²) in [4.78, 5) is 11.0. The summed E-state index contributed by atoms with van der Waals surface area (Å²) in [6, 6.07) is 4.88. The van der Waals surface area contributed by atoms with Gasteiger partial charge in [0.2, 0.25) is 0 Å². The Labute approximate surface area is 86.6 Å². The molecule has 0 saturated heterocycles. The molecule has 1 rings (SSSR count). The average Bonchev–Trinajstić information content (AvgIpc) is 2.07. The molecule has 0 atom stereocenters. The number of thioether (sulfide) groups is 1. The molecule has 2 N–H and O–H groups in total. The standard InChI is InChI=1S/C9H12N2O2S/c1-6(2)14-7-3-4-8(10)9(5-7)11(12)13/h3-6H,10H2,1-2H3. The lowest BCUT2D eigenvalue weighted by atomic mass is 10.3. The summed E-state index contributed by atoms with van der Waals surface area (Å²) < 4.78 is 0. The van der Waals surface area contributed by atoms with Crippen LogP contribution in [-0.2, 0) is 0 Å². The van der Waals surface area contributed by atoms with Crippen LogP contribution in [0.2, 0.25) is 0 Å². The lowest BCUT2D eigenvalue weighted by Crippen LogP contribution is -1.96. The molecule has 14 heavy (non-hydrogen) atoms. The van der Waals surface area contributed by atoms with Crippen molar-refractivity contribution in [2.24, 2.45) is 0 Å². The predicted octanol–water partition coefficient (Wildman–Crippen LogP) is 2.68. The summed E-state index contributed by atoms with van der Waals surface area (Å²) >= 11 is 1.58. The molecule has 0 saturated carbocycles. The van der Waals surface area contributed by atoms with E-state index in [1.165, 1.54) is 6.07 Å². The van der Waals surface area contributed by atoms with E-state index in [9.17, 15) is 10.1 Å². The highest BCUT2D eigenvalue weighted by Gasteiger charge is 2.12. The van der Waals surface area contributed by atoms with E-state index in [0.717, 1.165) is 4.90 Å². The number of hydrogen-bond donors (Lipinski definition) is 1. The zero-order valence-corrected chi connectivity index (χ0v) is 8.88. The van der Waals surface area contributed by atoms with Gasteiger partial charge < -0.3 is 5.73 Å². The van der Waals surface area contributed by atoms with Gasteiger partial charge in [-0.3, -0.25) is 10.1 Å². The highest BCUT2D eigenvalue weighted by molar-refractivity contribution is 7.99. The maximum atomic E-state index is 10.6. The van der Waals surface area contributed by atoms with Gasteiger partial charge in [0.25, 0.3) is 5.69 Å². The maximum absolute atomic E-state index is 10.6. The minimum absolute atomic E-state index is 0.0179. The Morgan fingerprint density at radius 1 is 1.50 bits per heavy atom. The normalized spacial score (nSPS) is 10.5. The molecule has 76 valence electrons. The third-order valence-electron chi connectivity index (χ3n) is 1.57. The molecule has 0 aliphatic carbocycles. The first-order chi connectivity index (χ1) is 6.50. The van der Waals surface area contributed by atoms with Crippen molar-refractivity contribution < 1.29 is 4.92 Å². The highest BCUT2D eigenvalue weighted by Crippen LogP contribution is 2.30. The molecule has 0 spiro atoms. The number of nitrogens with two attached hydrogens (primary N) is 1. The van der Waals surface area contributed by atoms with Gasteiger partial charge >= 0.3 is 0 Å². The number of nitrogen functional groups attached to an aromatic ring is 1. The monoisotopic (exact) mass is 212 g/mol. The van der Waals surface area contributed by atoms with Gasteiger partial charge in [-0.05, 0) is 12.1 Å². The summed E-state index contributed by atoms with van der Waals surface area (Å²) in [6.07, 6.45) is 0. The van der Waals surface area contributed by atoms with E-state index >= 15 is 0 Å². The second kappa shape index (κ2) is 4.32. The van der Waals surface area contributed by atoms with Crippen molar-refractivity contribution >= 4 is 23.1 Å². The van der Waals surface area contributed by atoms with Crippen molar-refractivity contribution in [1.82, 2.24) is 0 Å². The van der Waals surface area contributed by atoms with Gasteiger partial charge in [-0.25, -0.2) is 0 Å². The van der Waals surface area contributed by atoms with Crippen molar-refractivity contribution in [1.29, 1.82) is 0 Å². The molecule has 0 radical (unpaired) electrons. The molecule has 0 unspecified atom stereocenters. The number of rotatable bonds is 3. The number of benzene rings is 1. The quantitative estimate of drug-likeness (QED) is 0.362. The van der Waals surface area contributed by atoms with Crippen molar-refractivity contribution in [3.05, 3.63) is 28.3 Å². The Bertz CT molecular complexity index is 353. The van der Waals surface area contributed by atoms with Crippen molar-refractivity contribution in [2.45, 2.75) is 24.0 Å². The third kappa shape index (κ3) is 2.63. The zero-order chi connectivity index (χ0) is 10.7. The molecule has 0 amide bonds. The van der Waals surface area contributed by atoms with Gasteiger partial charge in [0.1, 0.15) is 5.69 Å². The second-order valence-corrected chi connectivity index (χ2v) is 4.79. The number of nitro groups is 1. The van der Waals surface area contributed by atoms with Crippen molar-refractivity contribution in [2.75, 3.05) is 5.73 Å². The number of nitrogens with zero attached hydrogens (tertiary/aromatic N) is 1. The van der Waals surface area contributed by atoms with Gasteiger partial charge in [0.15, 0.2) is 0 Å². The molecule has 0 aromatic heterocycles. The van der Waals surface area contributed by atoms with Crippen LogP contribution < -0.4 is 5.73 Å². The van der Waals surface area contributed by atoms with E-state index in [1.54, 1.807) is 23.9 Å². The summed E-state index contributed by atoms with van der Waals surface area (Å²) in [5.41, 5.74) is 5.66. The number of nitro benzene ring substituents is 1. The molecule has 0 fully saturated rings. The maximum Gasteiger partial charge on any atom is 0.293 e. The fraction of sp³-hybridized carbons (Fsp3) is 0.333. The first-order valence-electron chi connectivity index (χ1n) is 4.21. The molecule has 1 aromatic carbocycles. The van der Waals surface area contributed by atoms with Gasteiger partial charge in [-0.2, -0.15) is 0 Å². The Morgan fingerprint density at radius 2 is 2.14 bits per heavy atom. The molecule has 0 aliphatic heterocycles. The smallest absolute Gasteiger partial charge is 0.293 e. The molecular formula is C9H12N2O2S. The molecule has 0 heterocycles. The van der Waals surface area contributed by atoms with E-state index < -0.39 is 4.92 Å².